The summed E-state index contributed by atoms with van der Waals surface area (Å²) in [6.45, 7) is 9.60. The van der Waals surface area contributed by atoms with Crippen molar-refractivity contribution in [2.75, 3.05) is 26.4 Å². The van der Waals surface area contributed by atoms with E-state index in [0.29, 0.717) is 56.0 Å². The minimum atomic E-state index is -0.365. The van der Waals surface area contributed by atoms with Crippen molar-refractivity contribution in [1.29, 1.82) is 0 Å². The highest BCUT2D eigenvalue weighted by atomic mass is 16.5. The van der Waals surface area contributed by atoms with Crippen molar-refractivity contribution in [3.05, 3.63) is 41.0 Å². The second-order valence-electron chi connectivity index (χ2n) is 7.29. The largest absolute Gasteiger partial charge is 0.462 e. The van der Waals surface area contributed by atoms with E-state index in [-0.39, 0.29) is 25.2 Å². The van der Waals surface area contributed by atoms with Crippen LogP contribution in [0.1, 0.15) is 79.1 Å². The Kier molecular flexibility index (Phi) is 14.2. The number of carbonyl (C=O) groups is 2. The molecule has 0 saturated carbocycles. The molecule has 10 nitrogen and oxygen atoms in total. The molecule has 10 heteroatoms. The van der Waals surface area contributed by atoms with Crippen molar-refractivity contribution in [2.24, 2.45) is 0 Å². The molecule has 2 heterocycles. The van der Waals surface area contributed by atoms with Gasteiger partial charge in [0.15, 0.2) is 0 Å². The highest BCUT2D eigenvalue weighted by molar-refractivity contribution is 5.92. The van der Waals surface area contributed by atoms with Gasteiger partial charge < -0.3 is 19.7 Å². The Morgan fingerprint density at radius 3 is 1.94 bits per heavy atom. The number of esters is 2. The maximum absolute atomic E-state index is 11.7. The zero-order valence-electron chi connectivity index (χ0n) is 20.7. The van der Waals surface area contributed by atoms with Crippen LogP contribution in [0, 0.1) is 0 Å². The molecule has 0 spiro atoms. The summed E-state index contributed by atoms with van der Waals surface area (Å²) in [4.78, 5) is 23.4. The molecule has 0 aliphatic carbocycles. The molecule has 0 fully saturated rings. The fourth-order valence-corrected chi connectivity index (χ4v) is 3.04. The van der Waals surface area contributed by atoms with Gasteiger partial charge in [0.25, 0.3) is 0 Å². The molecular weight excluding hydrogens is 440 g/mol. The van der Waals surface area contributed by atoms with E-state index in [1.54, 1.807) is 41.7 Å². The predicted molar refractivity (Wildman–Crippen MR) is 128 cm³/mol. The highest BCUT2D eigenvalue weighted by Gasteiger charge is 2.17. The van der Waals surface area contributed by atoms with Gasteiger partial charge >= 0.3 is 11.9 Å². The van der Waals surface area contributed by atoms with E-state index in [1.165, 1.54) is 0 Å². The van der Waals surface area contributed by atoms with Gasteiger partial charge in [-0.15, -0.1) is 0 Å². The maximum atomic E-state index is 11.7. The standard InChI is InChI=1S/C12H20N2O3.C12H18N2O3/c2*1-3-6-11-10(12(16)17-4-2)9-14(13-11)7-5-8-15/h9,15H,3-8H2,1-2H3;3,6,9,15H,4-5,7-8H2,1-2H3/b;6-3+. The molecule has 0 aliphatic heterocycles. The zero-order valence-corrected chi connectivity index (χ0v) is 20.7. The summed E-state index contributed by atoms with van der Waals surface area (Å²) in [5.41, 5.74) is 2.39. The Balaban J connectivity index is 0.000000340. The molecule has 0 atom stereocenters. The lowest BCUT2D eigenvalue weighted by Crippen LogP contribution is -2.06. The average molecular weight is 479 g/mol. The molecule has 0 unspecified atom stereocenters. The molecule has 0 aliphatic rings. The van der Waals surface area contributed by atoms with Gasteiger partial charge in [-0.05, 0) is 46.1 Å². The topological polar surface area (TPSA) is 129 Å². The molecule has 2 N–H and O–H groups in total. The minimum Gasteiger partial charge on any atom is -0.462 e. The fourth-order valence-electron chi connectivity index (χ4n) is 3.04. The van der Waals surface area contributed by atoms with Crippen molar-refractivity contribution < 1.29 is 29.3 Å². The third kappa shape index (κ3) is 9.48. The van der Waals surface area contributed by atoms with Crippen LogP contribution in [0.3, 0.4) is 0 Å². The van der Waals surface area contributed by atoms with E-state index < -0.39 is 0 Å². The van der Waals surface area contributed by atoms with Gasteiger partial charge in [-0.2, -0.15) is 10.2 Å². The van der Waals surface area contributed by atoms with E-state index in [2.05, 4.69) is 10.2 Å². The third-order valence-electron chi connectivity index (χ3n) is 4.52. The molecule has 34 heavy (non-hydrogen) atoms. The molecule has 0 aromatic carbocycles. The summed E-state index contributed by atoms with van der Waals surface area (Å²) in [5.74, 6) is -0.679. The number of allylic oxidation sites excluding steroid dienone is 1. The van der Waals surface area contributed by atoms with Gasteiger partial charge in [0.2, 0.25) is 0 Å². The summed E-state index contributed by atoms with van der Waals surface area (Å²) in [6.07, 6.45) is 9.89. The van der Waals surface area contributed by atoms with Gasteiger partial charge in [-0.25, -0.2) is 9.59 Å². The molecule has 2 aromatic heterocycles. The summed E-state index contributed by atoms with van der Waals surface area (Å²) in [7, 11) is 0. The Labute approximate surface area is 201 Å². The van der Waals surface area contributed by atoms with E-state index >= 15 is 0 Å². The molecule has 190 valence electrons. The van der Waals surface area contributed by atoms with Crippen molar-refractivity contribution in [2.45, 2.75) is 66.5 Å². The van der Waals surface area contributed by atoms with E-state index in [4.69, 9.17) is 19.7 Å². The van der Waals surface area contributed by atoms with Crippen LogP contribution in [0.25, 0.3) is 6.08 Å². The lowest BCUT2D eigenvalue weighted by Gasteiger charge is -2.00. The monoisotopic (exact) mass is 478 g/mol. The number of aliphatic hydroxyl groups excluding tert-OH is 2. The van der Waals surface area contributed by atoms with Gasteiger partial charge in [0.05, 0.1) is 24.6 Å². The lowest BCUT2D eigenvalue weighted by atomic mass is 10.2. The molecule has 0 amide bonds. The number of aryl methyl sites for hydroxylation is 3. The highest BCUT2D eigenvalue weighted by Crippen LogP contribution is 2.12. The second kappa shape index (κ2) is 16.6. The average Bonchev–Trinajstić information content (AvgIpc) is 3.41. The quantitative estimate of drug-likeness (QED) is 0.421. The number of carbonyl (C=O) groups excluding carboxylic acids is 2. The molecule has 0 bridgehead atoms. The van der Waals surface area contributed by atoms with E-state index in [9.17, 15) is 9.59 Å². The fraction of sp³-hybridized carbons (Fsp3) is 0.583. The number of aromatic nitrogens is 4. The van der Waals surface area contributed by atoms with Gasteiger partial charge in [-0.3, -0.25) is 9.36 Å². The van der Waals surface area contributed by atoms with E-state index in [0.717, 1.165) is 18.5 Å². The first-order valence-electron chi connectivity index (χ1n) is 11.8. The Morgan fingerprint density at radius 2 is 1.44 bits per heavy atom. The summed E-state index contributed by atoms with van der Waals surface area (Å²) in [6, 6.07) is 0. The number of aliphatic hydroxyl groups is 2. The summed E-state index contributed by atoms with van der Waals surface area (Å²) in [5, 5.41) is 26.1. The van der Waals surface area contributed by atoms with E-state index in [1.807, 2.05) is 19.9 Å². The van der Waals surface area contributed by atoms with Gasteiger partial charge in [0.1, 0.15) is 11.1 Å². The van der Waals surface area contributed by atoms with Crippen LogP contribution < -0.4 is 0 Å². The first-order chi connectivity index (χ1) is 16.4. The normalized spacial score (nSPS) is 10.8. The molecule has 0 saturated heterocycles. The Morgan fingerprint density at radius 1 is 0.912 bits per heavy atom. The molecule has 0 radical (unpaired) electrons. The molecule has 2 rings (SSSR count). The minimum absolute atomic E-state index is 0.105. The number of hydrogen-bond donors (Lipinski definition) is 2. The van der Waals surface area contributed by atoms with Crippen LogP contribution in [0.15, 0.2) is 18.5 Å². The van der Waals surface area contributed by atoms with Crippen LogP contribution in [-0.4, -0.2) is 68.1 Å². The van der Waals surface area contributed by atoms with Crippen LogP contribution in [0.2, 0.25) is 0 Å². The number of hydrogen-bond acceptors (Lipinski definition) is 8. The van der Waals surface area contributed by atoms with Crippen molar-refractivity contribution >= 4 is 18.0 Å². The smallest absolute Gasteiger partial charge is 0.341 e. The van der Waals surface area contributed by atoms with Gasteiger partial charge in [0, 0.05) is 38.7 Å². The van der Waals surface area contributed by atoms with Gasteiger partial charge in [-0.1, -0.05) is 19.4 Å². The van der Waals surface area contributed by atoms with Crippen LogP contribution >= 0.6 is 0 Å². The van der Waals surface area contributed by atoms with Crippen molar-refractivity contribution in [3.8, 4) is 0 Å². The second-order valence-corrected chi connectivity index (χ2v) is 7.29. The number of rotatable bonds is 13. The first kappa shape index (κ1) is 29.1. The SMILES string of the molecule is C/C=C/c1nn(CCCO)cc1C(=O)OCC.CCCc1nn(CCCO)cc1C(=O)OCC. The third-order valence-corrected chi connectivity index (χ3v) is 4.52. The maximum Gasteiger partial charge on any atom is 0.341 e. The van der Waals surface area contributed by atoms with Crippen molar-refractivity contribution in [3.63, 3.8) is 0 Å². The first-order valence-corrected chi connectivity index (χ1v) is 11.8. The molecule has 2 aromatic rings. The number of nitrogens with zero attached hydrogens (tertiary/aromatic N) is 4. The summed E-state index contributed by atoms with van der Waals surface area (Å²) >= 11 is 0. The zero-order chi connectivity index (χ0) is 25.3. The predicted octanol–water partition coefficient (Wildman–Crippen LogP) is 2.87. The van der Waals surface area contributed by atoms with Crippen LogP contribution in [0.4, 0.5) is 0 Å². The molecular formula is C24H38N4O6. The Hall–Kier alpha value is -2.98. The van der Waals surface area contributed by atoms with Crippen LogP contribution in [-0.2, 0) is 29.0 Å². The lowest BCUT2D eigenvalue weighted by molar-refractivity contribution is 0.0515. The Bertz CT molecular complexity index is 903. The van der Waals surface area contributed by atoms with Crippen LogP contribution in [0.5, 0.6) is 0 Å². The summed E-state index contributed by atoms with van der Waals surface area (Å²) < 4.78 is 13.3. The number of ether oxygens (including phenoxy) is 2. The van der Waals surface area contributed by atoms with Crippen molar-refractivity contribution in [1.82, 2.24) is 19.6 Å².